The number of aromatic nitrogens is 2. The first kappa shape index (κ1) is 9.17. The number of nitriles is 1. The third-order valence-electron chi connectivity index (χ3n) is 2.85. The third-order valence-corrected chi connectivity index (χ3v) is 2.85. The van der Waals surface area contributed by atoms with Crippen LogP contribution in [0.3, 0.4) is 0 Å². The third kappa shape index (κ3) is 1.49. The zero-order valence-corrected chi connectivity index (χ0v) is 8.80. The molecule has 0 amide bonds. The molecule has 1 aromatic carbocycles. The second-order valence-corrected chi connectivity index (χ2v) is 4.09. The van der Waals surface area contributed by atoms with Crippen molar-refractivity contribution in [2.45, 2.75) is 18.8 Å². The molecule has 0 atom stereocenters. The van der Waals surface area contributed by atoms with Gasteiger partial charge >= 0.3 is 0 Å². The van der Waals surface area contributed by atoms with E-state index in [9.17, 15) is 0 Å². The molecule has 78 valence electrons. The van der Waals surface area contributed by atoms with Gasteiger partial charge in [-0.1, -0.05) is 18.2 Å². The Morgan fingerprint density at radius 1 is 1.25 bits per heavy atom. The van der Waals surface area contributed by atoms with Gasteiger partial charge in [0.15, 0.2) is 5.69 Å². The van der Waals surface area contributed by atoms with E-state index in [0.717, 1.165) is 5.69 Å². The van der Waals surface area contributed by atoms with E-state index in [2.05, 4.69) is 11.2 Å². The SMILES string of the molecule is N#Cc1cc(C2CC2)n(-c2ccccc2)n1. The minimum absolute atomic E-state index is 0.505. The van der Waals surface area contributed by atoms with Crippen LogP contribution >= 0.6 is 0 Å². The van der Waals surface area contributed by atoms with Crippen molar-refractivity contribution in [1.29, 1.82) is 5.26 Å². The van der Waals surface area contributed by atoms with Gasteiger partial charge < -0.3 is 0 Å². The maximum Gasteiger partial charge on any atom is 0.163 e. The minimum atomic E-state index is 0.505. The number of rotatable bonds is 2. The van der Waals surface area contributed by atoms with Crippen molar-refractivity contribution in [3.63, 3.8) is 0 Å². The predicted octanol–water partition coefficient (Wildman–Crippen LogP) is 2.62. The number of hydrogen-bond donors (Lipinski definition) is 0. The normalized spacial score (nSPS) is 14.7. The van der Waals surface area contributed by atoms with E-state index >= 15 is 0 Å². The summed E-state index contributed by atoms with van der Waals surface area (Å²) in [7, 11) is 0. The van der Waals surface area contributed by atoms with Gasteiger partial charge in [-0.25, -0.2) is 4.68 Å². The van der Waals surface area contributed by atoms with Crippen LogP contribution in [0.4, 0.5) is 0 Å². The highest BCUT2D eigenvalue weighted by atomic mass is 15.3. The Hall–Kier alpha value is -2.08. The monoisotopic (exact) mass is 209 g/mol. The first-order valence-corrected chi connectivity index (χ1v) is 5.44. The Balaban J connectivity index is 2.12. The second kappa shape index (κ2) is 3.49. The summed E-state index contributed by atoms with van der Waals surface area (Å²) in [5, 5.41) is 13.2. The maximum absolute atomic E-state index is 8.90. The summed E-state index contributed by atoms with van der Waals surface area (Å²) in [6.07, 6.45) is 2.42. The van der Waals surface area contributed by atoms with Gasteiger partial charge in [-0.05, 0) is 31.0 Å². The molecule has 3 heteroatoms. The van der Waals surface area contributed by atoms with Gasteiger partial charge in [0.2, 0.25) is 0 Å². The molecule has 1 aliphatic carbocycles. The number of benzene rings is 1. The van der Waals surface area contributed by atoms with Crippen LogP contribution in [0.1, 0.15) is 30.1 Å². The molecule has 0 unspecified atom stereocenters. The molecule has 1 fully saturated rings. The van der Waals surface area contributed by atoms with Crippen molar-refractivity contribution < 1.29 is 0 Å². The Bertz CT molecular complexity index is 544. The summed E-state index contributed by atoms with van der Waals surface area (Å²) in [6, 6.07) is 14.0. The zero-order chi connectivity index (χ0) is 11.0. The molecular weight excluding hydrogens is 198 g/mol. The molecule has 16 heavy (non-hydrogen) atoms. The first-order valence-electron chi connectivity index (χ1n) is 5.44. The Morgan fingerprint density at radius 3 is 2.62 bits per heavy atom. The topological polar surface area (TPSA) is 41.6 Å². The fraction of sp³-hybridized carbons (Fsp3) is 0.231. The number of hydrogen-bond acceptors (Lipinski definition) is 2. The van der Waals surface area contributed by atoms with E-state index in [1.54, 1.807) is 0 Å². The largest absolute Gasteiger partial charge is 0.236 e. The molecule has 0 aliphatic heterocycles. The molecule has 3 nitrogen and oxygen atoms in total. The lowest BCUT2D eigenvalue weighted by Crippen LogP contribution is -2.00. The van der Waals surface area contributed by atoms with E-state index < -0.39 is 0 Å². The smallest absolute Gasteiger partial charge is 0.163 e. The van der Waals surface area contributed by atoms with Crippen LogP contribution in [-0.4, -0.2) is 9.78 Å². The average molecular weight is 209 g/mol. The van der Waals surface area contributed by atoms with Gasteiger partial charge in [-0.15, -0.1) is 0 Å². The van der Waals surface area contributed by atoms with Crippen molar-refractivity contribution in [2.24, 2.45) is 0 Å². The maximum atomic E-state index is 8.90. The van der Waals surface area contributed by atoms with E-state index in [1.807, 2.05) is 41.1 Å². The Labute approximate surface area is 93.9 Å². The lowest BCUT2D eigenvalue weighted by atomic mass is 10.2. The van der Waals surface area contributed by atoms with E-state index in [1.165, 1.54) is 18.5 Å². The van der Waals surface area contributed by atoms with Crippen LogP contribution in [0, 0.1) is 11.3 Å². The number of nitrogens with zero attached hydrogens (tertiary/aromatic N) is 3. The van der Waals surface area contributed by atoms with Crippen molar-refractivity contribution >= 4 is 0 Å². The molecular formula is C13H11N3. The summed E-state index contributed by atoms with van der Waals surface area (Å²) in [4.78, 5) is 0. The van der Waals surface area contributed by atoms with Crippen molar-refractivity contribution in [2.75, 3.05) is 0 Å². The number of para-hydroxylation sites is 1. The van der Waals surface area contributed by atoms with Crippen LogP contribution < -0.4 is 0 Å². The van der Waals surface area contributed by atoms with Crippen molar-refractivity contribution in [1.82, 2.24) is 9.78 Å². The summed E-state index contributed by atoms with van der Waals surface area (Å²) in [6.45, 7) is 0. The molecule has 0 bridgehead atoms. The first-order chi connectivity index (χ1) is 7.88. The summed E-state index contributed by atoms with van der Waals surface area (Å²) in [5.74, 6) is 0.592. The van der Waals surface area contributed by atoms with Gasteiger partial charge in [0, 0.05) is 11.6 Å². The summed E-state index contributed by atoms with van der Waals surface area (Å²) in [5.41, 5.74) is 2.71. The molecule has 2 aromatic rings. The lowest BCUT2D eigenvalue weighted by Gasteiger charge is -2.05. The Morgan fingerprint density at radius 2 is 2.00 bits per heavy atom. The zero-order valence-electron chi connectivity index (χ0n) is 8.80. The van der Waals surface area contributed by atoms with Crippen LogP contribution in [0.2, 0.25) is 0 Å². The highest BCUT2D eigenvalue weighted by Gasteiger charge is 2.28. The van der Waals surface area contributed by atoms with Crippen molar-refractivity contribution in [3.8, 4) is 11.8 Å². The van der Waals surface area contributed by atoms with E-state index in [-0.39, 0.29) is 0 Å². The molecule has 1 aromatic heterocycles. The highest BCUT2D eigenvalue weighted by Crippen LogP contribution is 2.40. The standard InChI is InChI=1S/C13H11N3/c14-9-11-8-13(10-6-7-10)16(15-11)12-4-2-1-3-5-12/h1-5,8,10H,6-7H2. The summed E-state index contributed by atoms with van der Waals surface area (Å²) < 4.78 is 1.90. The van der Waals surface area contributed by atoms with Crippen LogP contribution in [0.25, 0.3) is 5.69 Å². The van der Waals surface area contributed by atoms with Crippen molar-refractivity contribution in [3.05, 3.63) is 47.8 Å². The molecule has 0 saturated heterocycles. The quantitative estimate of drug-likeness (QED) is 0.762. The van der Waals surface area contributed by atoms with Gasteiger partial charge in [-0.3, -0.25) is 0 Å². The predicted molar refractivity (Wildman–Crippen MR) is 60.3 cm³/mol. The minimum Gasteiger partial charge on any atom is -0.236 e. The van der Waals surface area contributed by atoms with Gasteiger partial charge in [0.25, 0.3) is 0 Å². The molecule has 1 aliphatic rings. The molecule has 3 rings (SSSR count). The fourth-order valence-corrected chi connectivity index (χ4v) is 1.90. The average Bonchev–Trinajstić information content (AvgIpc) is 3.10. The van der Waals surface area contributed by atoms with Gasteiger partial charge in [0.1, 0.15) is 6.07 Å². The van der Waals surface area contributed by atoms with Gasteiger partial charge in [-0.2, -0.15) is 10.4 Å². The molecule has 1 heterocycles. The van der Waals surface area contributed by atoms with Gasteiger partial charge in [0.05, 0.1) is 5.69 Å². The molecule has 0 spiro atoms. The Kier molecular flexibility index (Phi) is 2.00. The fourth-order valence-electron chi connectivity index (χ4n) is 1.90. The summed E-state index contributed by atoms with van der Waals surface area (Å²) >= 11 is 0. The molecule has 1 saturated carbocycles. The molecule has 0 radical (unpaired) electrons. The highest BCUT2D eigenvalue weighted by molar-refractivity contribution is 5.37. The van der Waals surface area contributed by atoms with Crippen LogP contribution in [0.5, 0.6) is 0 Å². The van der Waals surface area contributed by atoms with E-state index in [4.69, 9.17) is 5.26 Å². The van der Waals surface area contributed by atoms with E-state index in [0.29, 0.717) is 11.6 Å². The van der Waals surface area contributed by atoms with Crippen LogP contribution in [0.15, 0.2) is 36.4 Å². The van der Waals surface area contributed by atoms with Crippen LogP contribution in [-0.2, 0) is 0 Å². The second-order valence-electron chi connectivity index (χ2n) is 4.09. The lowest BCUT2D eigenvalue weighted by molar-refractivity contribution is 0.805. The molecule has 0 N–H and O–H groups in total.